The van der Waals surface area contributed by atoms with Crippen molar-refractivity contribution in [3.63, 3.8) is 0 Å². The van der Waals surface area contributed by atoms with Crippen LogP contribution in [0.15, 0.2) is 57.8 Å². The largest absolute Gasteiger partial charge is 0.493 e. The van der Waals surface area contributed by atoms with Crippen molar-refractivity contribution in [2.45, 2.75) is 58.7 Å². The second-order valence-electron chi connectivity index (χ2n) is 9.35. The number of amidine groups is 1. The van der Waals surface area contributed by atoms with E-state index in [4.69, 9.17) is 11.6 Å². The molecule has 0 saturated heterocycles. The van der Waals surface area contributed by atoms with Crippen LogP contribution in [0.2, 0.25) is 5.02 Å². The van der Waals surface area contributed by atoms with E-state index in [0.717, 1.165) is 0 Å². The molecule has 2 aliphatic rings. The molecule has 0 atom stereocenters. The second-order valence-corrected chi connectivity index (χ2v) is 9.75. The molecule has 4 rings (SSSR count). The van der Waals surface area contributed by atoms with Crippen LogP contribution in [0, 0.1) is 18.2 Å². The van der Waals surface area contributed by atoms with Crippen molar-refractivity contribution in [1.82, 2.24) is 5.32 Å². The lowest BCUT2D eigenvalue weighted by atomic mass is 9.67. The first-order valence-electron chi connectivity index (χ1n) is 11.9. The van der Waals surface area contributed by atoms with Crippen LogP contribution in [-0.4, -0.2) is 28.7 Å². The minimum Gasteiger partial charge on any atom is -0.493 e. The number of halogens is 5. The molecule has 0 spiro atoms. The summed E-state index contributed by atoms with van der Waals surface area (Å²) in [4.78, 5) is 21.4. The molecule has 0 radical (unpaired) electrons. The summed E-state index contributed by atoms with van der Waals surface area (Å²) in [5, 5.41) is 13.3. The van der Waals surface area contributed by atoms with E-state index in [1.807, 2.05) is 6.92 Å². The molecule has 0 unspecified atom stereocenters. The number of aliphatic hydroxyl groups is 1. The predicted octanol–water partition coefficient (Wildman–Crippen LogP) is 6.96. The average molecular weight is 536 g/mol. The maximum absolute atomic E-state index is 13.9. The van der Waals surface area contributed by atoms with Crippen LogP contribution in [0.3, 0.4) is 0 Å². The van der Waals surface area contributed by atoms with Gasteiger partial charge in [0.25, 0.3) is 0 Å². The van der Waals surface area contributed by atoms with Gasteiger partial charge < -0.3 is 10.4 Å². The molecular formula is C27H26ClF4N3O2. The zero-order valence-electron chi connectivity index (χ0n) is 20.3. The number of aliphatic hydroxyl groups excluding tert-OH is 1. The van der Waals surface area contributed by atoms with Crippen LogP contribution in [-0.2, 0) is 11.3 Å². The van der Waals surface area contributed by atoms with Gasteiger partial charge in [0.2, 0.25) is 11.8 Å². The molecule has 2 N–H and O–H groups in total. The first-order valence-corrected chi connectivity index (χ1v) is 12.3. The first-order chi connectivity index (χ1) is 17.4. The number of allylic oxidation sites excluding steroid dienone is 1. The standard InChI is InChI=1S/C27H26ClF4N3O2/c1-3-17-13-22(18-6-8-21(29)15(2)11-18)34-23(35-24(17)36)19-12-16(5-7-20(19)28)14-33-25(37)26(9-4-10-26)27(30,31)32/h5-8,11-12,36H,3-4,9-10,13-14H2,1-2H3,(H,33,37). The summed E-state index contributed by atoms with van der Waals surface area (Å²) in [6, 6.07) is 9.30. The van der Waals surface area contributed by atoms with Crippen LogP contribution in [0.25, 0.3) is 0 Å². The highest BCUT2D eigenvalue weighted by Crippen LogP contribution is 2.53. The number of hydrogen-bond donors (Lipinski definition) is 2. The normalized spacial score (nSPS) is 17.5. The third kappa shape index (κ3) is 5.28. The van der Waals surface area contributed by atoms with E-state index in [9.17, 15) is 27.5 Å². The monoisotopic (exact) mass is 535 g/mol. The van der Waals surface area contributed by atoms with E-state index in [1.165, 1.54) is 12.1 Å². The number of amides is 1. The van der Waals surface area contributed by atoms with Gasteiger partial charge in [0.15, 0.2) is 5.84 Å². The summed E-state index contributed by atoms with van der Waals surface area (Å²) in [5.74, 6) is -1.51. The molecule has 5 nitrogen and oxygen atoms in total. The molecule has 10 heteroatoms. The van der Waals surface area contributed by atoms with Crippen LogP contribution in [0.4, 0.5) is 17.6 Å². The van der Waals surface area contributed by atoms with E-state index >= 15 is 0 Å². The van der Waals surface area contributed by atoms with Crippen molar-refractivity contribution in [3.8, 4) is 0 Å². The lowest BCUT2D eigenvalue weighted by Gasteiger charge is -2.41. The van der Waals surface area contributed by atoms with Gasteiger partial charge >= 0.3 is 6.18 Å². The fourth-order valence-corrected chi connectivity index (χ4v) is 4.62. The van der Waals surface area contributed by atoms with Gasteiger partial charge in [-0.2, -0.15) is 18.2 Å². The fourth-order valence-electron chi connectivity index (χ4n) is 4.42. The summed E-state index contributed by atoms with van der Waals surface area (Å²) in [5.41, 5.74) is 0.765. The Balaban J connectivity index is 1.66. The zero-order chi connectivity index (χ0) is 27.0. The maximum Gasteiger partial charge on any atom is 0.403 e. The number of nitrogens with one attached hydrogen (secondary N) is 1. The van der Waals surface area contributed by atoms with E-state index in [2.05, 4.69) is 15.3 Å². The Kier molecular flexibility index (Phi) is 7.46. The van der Waals surface area contributed by atoms with Gasteiger partial charge in [-0.15, -0.1) is 0 Å². The molecule has 1 aliphatic heterocycles. The van der Waals surface area contributed by atoms with Gasteiger partial charge in [0, 0.05) is 18.5 Å². The number of aryl methyl sites for hydroxylation is 1. The van der Waals surface area contributed by atoms with Crippen molar-refractivity contribution in [2.75, 3.05) is 0 Å². The molecule has 37 heavy (non-hydrogen) atoms. The Morgan fingerprint density at radius 3 is 2.49 bits per heavy atom. The van der Waals surface area contributed by atoms with E-state index < -0.39 is 17.5 Å². The quantitative estimate of drug-likeness (QED) is 0.393. The number of alkyl halides is 3. The third-order valence-corrected chi connectivity index (χ3v) is 7.31. The lowest BCUT2D eigenvalue weighted by Crippen LogP contribution is -2.54. The Morgan fingerprint density at radius 1 is 1.16 bits per heavy atom. The maximum atomic E-state index is 13.9. The SMILES string of the molecule is CCC1=C(O)N=C(c2cc(CNC(=O)C3(C(F)(F)F)CCC3)ccc2Cl)N=C(c2ccc(F)c(C)c2)C1. The molecule has 2 aromatic rings. The van der Waals surface area contributed by atoms with Crippen LogP contribution >= 0.6 is 11.6 Å². The smallest absolute Gasteiger partial charge is 0.403 e. The zero-order valence-corrected chi connectivity index (χ0v) is 21.1. The van der Waals surface area contributed by atoms with E-state index in [1.54, 1.807) is 31.2 Å². The van der Waals surface area contributed by atoms with Gasteiger partial charge in [-0.25, -0.2) is 9.38 Å². The van der Waals surface area contributed by atoms with Crippen molar-refractivity contribution in [3.05, 3.63) is 80.9 Å². The molecule has 1 fully saturated rings. The summed E-state index contributed by atoms with van der Waals surface area (Å²) < 4.78 is 54.3. The number of aliphatic imine (C=N–C) groups is 2. The molecular weight excluding hydrogens is 510 g/mol. The summed E-state index contributed by atoms with van der Waals surface area (Å²) in [7, 11) is 0. The van der Waals surface area contributed by atoms with E-state index in [-0.39, 0.29) is 48.4 Å². The van der Waals surface area contributed by atoms with Crippen LogP contribution < -0.4 is 5.32 Å². The topological polar surface area (TPSA) is 74.1 Å². The first kappa shape index (κ1) is 26.9. The fraction of sp³-hybridized carbons (Fsp3) is 0.370. The highest BCUT2D eigenvalue weighted by atomic mass is 35.5. The van der Waals surface area contributed by atoms with Gasteiger partial charge in [-0.05, 0) is 72.7 Å². The Morgan fingerprint density at radius 2 is 1.89 bits per heavy atom. The van der Waals surface area contributed by atoms with Crippen molar-refractivity contribution >= 4 is 29.1 Å². The molecule has 1 heterocycles. The molecule has 0 bridgehead atoms. The Labute approximate surface area is 217 Å². The molecule has 2 aromatic carbocycles. The van der Waals surface area contributed by atoms with Gasteiger partial charge in [-0.3, -0.25) is 4.79 Å². The molecule has 1 amide bonds. The van der Waals surface area contributed by atoms with Crippen LogP contribution in [0.5, 0.6) is 0 Å². The number of carbonyl (C=O) groups excluding carboxylic acids is 1. The van der Waals surface area contributed by atoms with Gasteiger partial charge in [0.1, 0.15) is 11.2 Å². The van der Waals surface area contributed by atoms with Crippen molar-refractivity contribution in [1.29, 1.82) is 0 Å². The molecule has 0 aromatic heterocycles. The molecule has 1 aliphatic carbocycles. The minimum absolute atomic E-state index is 0.0989. The number of carbonyl (C=O) groups is 1. The Bertz CT molecular complexity index is 1330. The Hall–Kier alpha value is -3.20. The third-order valence-electron chi connectivity index (χ3n) is 6.98. The second kappa shape index (κ2) is 10.3. The van der Waals surface area contributed by atoms with Gasteiger partial charge in [0.05, 0.1) is 10.7 Å². The summed E-state index contributed by atoms with van der Waals surface area (Å²) in [6.45, 7) is 3.36. The summed E-state index contributed by atoms with van der Waals surface area (Å²) in [6.07, 6.45) is -3.92. The number of nitrogens with zero attached hydrogens (tertiary/aromatic N) is 2. The van der Waals surface area contributed by atoms with Crippen molar-refractivity contribution < 1.29 is 27.5 Å². The molecule has 1 saturated carbocycles. The average Bonchev–Trinajstić information content (AvgIpc) is 2.97. The number of benzene rings is 2. The highest BCUT2D eigenvalue weighted by molar-refractivity contribution is 6.34. The van der Waals surface area contributed by atoms with Crippen LogP contribution in [0.1, 0.15) is 61.3 Å². The predicted molar refractivity (Wildman–Crippen MR) is 134 cm³/mol. The number of rotatable bonds is 6. The highest BCUT2D eigenvalue weighted by Gasteiger charge is 2.63. The lowest BCUT2D eigenvalue weighted by molar-refractivity contribution is -0.243. The number of hydrogen-bond acceptors (Lipinski definition) is 4. The van der Waals surface area contributed by atoms with Gasteiger partial charge in [-0.1, -0.05) is 37.1 Å². The van der Waals surface area contributed by atoms with E-state index in [0.29, 0.717) is 46.4 Å². The van der Waals surface area contributed by atoms with Crippen molar-refractivity contribution in [2.24, 2.45) is 15.4 Å². The summed E-state index contributed by atoms with van der Waals surface area (Å²) >= 11 is 6.43. The molecule has 196 valence electrons. The minimum atomic E-state index is -4.61.